The number of benzene rings is 4. The van der Waals surface area contributed by atoms with Gasteiger partial charge in [-0.1, -0.05) is 72.8 Å². The smallest absolute Gasteiger partial charge is 0.305 e. The second-order valence-electron chi connectivity index (χ2n) is 7.81. The maximum Gasteiger partial charge on any atom is 0.305 e. The van der Waals surface area contributed by atoms with E-state index in [9.17, 15) is 4.79 Å². The zero-order valence-corrected chi connectivity index (χ0v) is 19.5. The molecule has 0 atom stereocenters. The van der Waals surface area contributed by atoms with Crippen LogP contribution in [0.3, 0.4) is 0 Å². The van der Waals surface area contributed by atoms with Crippen molar-refractivity contribution in [3.05, 3.63) is 128 Å². The van der Waals surface area contributed by atoms with Crippen LogP contribution in [0.1, 0.15) is 11.1 Å². The van der Waals surface area contributed by atoms with Crippen molar-refractivity contribution in [2.45, 2.75) is 5.79 Å². The van der Waals surface area contributed by atoms with E-state index < -0.39 is 5.79 Å². The van der Waals surface area contributed by atoms with Crippen LogP contribution >= 0.6 is 22.6 Å². The minimum atomic E-state index is -1.17. The van der Waals surface area contributed by atoms with E-state index >= 15 is 0 Å². The van der Waals surface area contributed by atoms with Gasteiger partial charge in [0.1, 0.15) is 6.26 Å². The van der Waals surface area contributed by atoms with Crippen LogP contribution in [0, 0.1) is 3.57 Å². The number of ether oxygens (including phenoxy) is 2. The number of hydrogen-bond acceptors (Lipinski definition) is 4. The van der Waals surface area contributed by atoms with Gasteiger partial charge in [-0.2, -0.15) is 0 Å². The molecule has 1 aliphatic heterocycles. The lowest BCUT2D eigenvalue weighted by molar-refractivity contribution is -0.0456. The van der Waals surface area contributed by atoms with Gasteiger partial charge in [0.25, 0.3) is 0 Å². The lowest BCUT2D eigenvalue weighted by atomic mass is 9.97. The SMILES string of the molecule is O=c1c(-c2ccc(I)cc2)coc2c3c(ccc12)OC(c1ccccc1)(c1ccccc1)O3. The molecule has 0 saturated heterocycles. The lowest BCUT2D eigenvalue weighted by Crippen LogP contribution is -2.36. The van der Waals surface area contributed by atoms with Crippen LogP contribution in [0.4, 0.5) is 0 Å². The number of fused-ring (bicyclic) bond motifs is 3. The van der Waals surface area contributed by atoms with Crippen LogP contribution in [0.5, 0.6) is 11.5 Å². The molecule has 0 unspecified atom stereocenters. The fourth-order valence-electron chi connectivity index (χ4n) is 4.20. The highest BCUT2D eigenvalue weighted by atomic mass is 127. The van der Waals surface area contributed by atoms with Crippen molar-refractivity contribution in [2.24, 2.45) is 0 Å². The average Bonchev–Trinajstić information content (AvgIpc) is 3.28. The van der Waals surface area contributed by atoms with E-state index in [1.165, 1.54) is 6.26 Å². The molecule has 1 aromatic heterocycles. The summed E-state index contributed by atoms with van der Waals surface area (Å²) >= 11 is 2.24. The maximum atomic E-state index is 13.4. The summed E-state index contributed by atoms with van der Waals surface area (Å²) in [7, 11) is 0. The molecule has 6 rings (SSSR count). The average molecular weight is 544 g/mol. The predicted octanol–water partition coefficient (Wildman–Crippen LogP) is 6.74. The van der Waals surface area contributed by atoms with E-state index in [0.29, 0.717) is 28.0 Å². The zero-order chi connectivity index (χ0) is 22.4. The molecule has 0 bridgehead atoms. The first-order valence-corrected chi connectivity index (χ1v) is 11.6. The molecule has 0 radical (unpaired) electrons. The summed E-state index contributed by atoms with van der Waals surface area (Å²) < 4.78 is 20.1. The van der Waals surface area contributed by atoms with Crippen molar-refractivity contribution in [1.82, 2.24) is 0 Å². The normalized spacial score (nSPS) is 13.8. The molecule has 0 N–H and O–H groups in total. The van der Waals surface area contributed by atoms with Crippen LogP contribution in [-0.2, 0) is 5.79 Å². The van der Waals surface area contributed by atoms with Gasteiger partial charge in [-0.3, -0.25) is 4.79 Å². The molecule has 0 fully saturated rings. The van der Waals surface area contributed by atoms with Crippen LogP contribution in [0.25, 0.3) is 22.1 Å². The largest absolute Gasteiger partial charge is 0.459 e. The van der Waals surface area contributed by atoms with Crippen LogP contribution in [0.2, 0.25) is 0 Å². The van der Waals surface area contributed by atoms with Gasteiger partial charge >= 0.3 is 5.79 Å². The molecule has 4 aromatic carbocycles. The van der Waals surface area contributed by atoms with Gasteiger partial charge in [-0.05, 0) is 52.4 Å². The summed E-state index contributed by atoms with van der Waals surface area (Å²) in [6.45, 7) is 0. The Morgan fingerprint density at radius 1 is 0.697 bits per heavy atom. The Morgan fingerprint density at radius 3 is 1.97 bits per heavy atom. The molecule has 0 aliphatic carbocycles. The van der Waals surface area contributed by atoms with Crippen molar-refractivity contribution in [2.75, 3.05) is 0 Å². The molecule has 0 amide bonds. The third kappa shape index (κ3) is 3.23. The molecule has 1 aliphatic rings. The molecule has 2 heterocycles. The van der Waals surface area contributed by atoms with E-state index in [1.807, 2.05) is 84.9 Å². The van der Waals surface area contributed by atoms with Crippen LogP contribution in [0.15, 0.2) is 113 Å². The van der Waals surface area contributed by atoms with E-state index in [0.717, 1.165) is 20.3 Å². The quantitative estimate of drug-likeness (QED) is 0.236. The summed E-state index contributed by atoms with van der Waals surface area (Å²) in [5.41, 5.74) is 3.28. The minimum absolute atomic E-state index is 0.110. The lowest BCUT2D eigenvalue weighted by Gasteiger charge is -2.28. The predicted molar refractivity (Wildman–Crippen MR) is 136 cm³/mol. The molecule has 5 aromatic rings. The summed E-state index contributed by atoms with van der Waals surface area (Å²) in [5.74, 6) is -0.223. The van der Waals surface area contributed by atoms with Crippen LogP contribution < -0.4 is 14.9 Å². The van der Waals surface area contributed by atoms with Gasteiger partial charge < -0.3 is 13.9 Å². The molecule has 4 nitrogen and oxygen atoms in total. The minimum Gasteiger partial charge on any atom is -0.459 e. The van der Waals surface area contributed by atoms with Crippen molar-refractivity contribution in [3.63, 3.8) is 0 Å². The van der Waals surface area contributed by atoms with Crippen LogP contribution in [-0.4, -0.2) is 0 Å². The van der Waals surface area contributed by atoms with Gasteiger partial charge in [0.05, 0.1) is 10.9 Å². The van der Waals surface area contributed by atoms with E-state index in [2.05, 4.69) is 22.6 Å². The summed E-state index contributed by atoms with van der Waals surface area (Å²) in [5, 5.41) is 0.449. The highest BCUT2D eigenvalue weighted by Crippen LogP contribution is 2.50. The third-order valence-electron chi connectivity index (χ3n) is 5.82. The Balaban J connectivity index is 1.53. The molecular weight excluding hydrogens is 527 g/mol. The molecule has 33 heavy (non-hydrogen) atoms. The Kier molecular flexibility index (Phi) is 4.73. The third-order valence-corrected chi connectivity index (χ3v) is 6.54. The van der Waals surface area contributed by atoms with Gasteiger partial charge in [-0.15, -0.1) is 0 Å². The van der Waals surface area contributed by atoms with E-state index in [1.54, 1.807) is 12.1 Å². The van der Waals surface area contributed by atoms with E-state index in [4.69, 9.17) is 13.9 Å². The molecule has 0 saturated carbocycles. The number of halogens is 1. The summed E-state index contributed by atoms with van der Waals surface area (Å²) in [6.07, 6.45) is 1.50. The van der Waals surface area contributed by atoms with Gasteiger partial charge in [0, 0.05) is 14.7 Å². The second kappa shape index (κ2) is 7.78. The number of rotatable bonds is 3. The molecule has 160 valence electrons. The Labute approximate surface area is 203 Å². The fraction of sp³-hybridized carbons (Fsp3) is 0.0357. The standard InChI is InChI=1S/C28H17IO4/c29-21-13-11-18(12-14-21)23-17-31-26-22(25(23)30)15-16-24-27(26)33-28(32-24,19-7-3-1-4-8-19)20-9-5-2-6-10-20/h1-17H. The zero-order valence-electron chi connectivity index (χ0n) is 17.3. The molecule has 0 spiro atoms. The van der Waals surface area contributed by atoms with Gasteiger partial charge in [0.2, 0.25) is 11.2 Å². The van der Waals surface area contributed by atoms with E-state index in [-0.39, 0.29) is 5.43 Å². The first-order chi connectivity index (χ1) is 16.2. The Morgan fingerprint density at radius 2 is 1.33 bits per heavy atom. The molecule has 5 heteroatoms. The topological polar surface area (TPSA) is 48.7 Å². The Bertz CT molecular complexity index is 1480. The highest BCUT2D eigenvalue weighted by Gasteiger charge is 2.46. The monoisotopic (exact) mass is 544 g/mol. The van der Waals surface area contributed by atoms with Crippen molar-refractivity contribution >= 4 is 33.6 Å². The number of hydrogen-bond donors (Lipinski definition) is 0. The fourth-order valence-corrected chi connectivity index (χ4v) is 4.56. The van der Waals surface area contributed by atoms with Gasteiger partial charge in [0.15, 0.2) is 11.3 Å². The second-order valence-corrected chi connectivity index (χ2v) is 9.05. The van der Waals surface area contributed by atoms with Crippen molar-refractivity contribution < 1.29 is 13.9 Å². The summed E-state index contributed by atoms with van der Waals surface area (Å²) in [4.78, 5) is 13.4. The summed E-state index contributed by atoms with van der Waals surface area (Å²) in [6, 6.07) is 30.8. The van der Waals surface area contributed by atoms with Crippen molar-refractivity contribution in [3.8, 4) is 22.6 Å². The first-order valence-electron chi connectivity index (χ1n) is 10.5. The molecular formula is C28H17IO4. The first kappa shape index (κ1) is 20.1. The maximum absolute atomic E-state index is 13.4. The Hall–Kier alpha value is -3.58. The van der Waals surface area contributed by atoms with Crippen molar-refractivity contribution in [1.29, 1.82) is 0 Å². The van der Waals surface area contributed by atoms with Gasteiger partial charge in [-0.25, -0.2) is 0 Å². The highest BCUT2D eigenvalue weighted by molar-refractivity contribution is 14.1.